The van der Waals surface area contributed by atoms with Crippen LogP contribution in [-0.2, 0) is 4.79 Å². The van der Waals surface area contributed by atoms with E-state index < -0.39 is 17.7 Å². The molecular weight excluding hydrogens is 388 g/mol. The summed E-state index contributed by atoms with van der Waals surface area (Å²) in [6.07, 6.45) is 1.66. The summed E-state index contributed by atoms with van der Waals surface area (Å²) in [5, 5.41) is 12.4. The van der Waals surface area contributed by atoms with Crippen molar-refractivity contribution < 1.29 is 19.4 Å². The molecule has 0 spiro atoms. The third-order valence-corrected chi connectivity index (χ3v) is 5.51. The van der Waals surface area contributed by atoms with Gasteiger partial charge in [-0.2, -0.15) is 0 Å². The molecule has 0 bridgehead atoms. The molecule has 2 heterocycles. The van der Waals surface area contributed by atoms with Crippen molar-refractivity contribution in [1.82, 2.24) is 9.80 Å². The van der Waals surface area contributed by atoms with Crippen LogP contribution in [0.25, 0.3) is 0 Å². The summed E-state index contributed by atoms with van der Waals surface area (Å²) in [5.74, 6) is -0.657. The Kier molecular flexibility index (Phi) is 6.51. The number of nitrogens with zero attached hydrogens (tertiary/aromatic N) is 2. The minimum atomic E-state index is -0.648. The highest BCUT2D eigenvalue weighted by Crippen LogP contribution is 2.39. The molecule has 1 aliphatic heterocycles. The summed E-state index contributed by atoms with van der Waals surface area (Å²) >= 11 is 1.29. The highest BCUT2D eigenvalue weighted by Gasteiger charge is 2.43. The lowest BCUT2D eigenvalue weighted by atomic mass is 9.95. The lowest BCUT2D eigenvalue weighted by Gasteiger charge is -2.28. The maximum absolute atomic E-state index is 13.1. The Morgan fingerprint density at radius 3 is 2.62 bits per heavy atom. The van der Waals surface area contributed by atoms with E-state index in [-0.39, 0.29) is 11.4 Å². The van der Waals surface area contributed by atoms with Gasteiger partial charge in [-0.15, -0.1) is 11.3 Å². The molecule has 7 heteroatoms. The second kappa shape index (κ2) is 9.07. The Balaban J connectivity index is 1.99. The number of amides is 1. The summed E-state index contributed by atoms with van der Waals surface area (Å²) in [6.45, 7) is 5.01. The fraction of sp³-hybridized carbons (Fsp3) is 0.273. The van der Waals surface area contributed by atoms with Gasteiger partial charge < -0.3 is 19.6 Å². The number of hydrogen-bond donors (Lipinski definition) is 1. The molecule has 152 valence electrons. The van der Waals surface area contributed by atoms with Gasteiger partial charge in [-0.05, 0) is 43.2 Å². The van der Waals surface area contributed by atoms with Gasteiger partial charge in [0.25, 0.3) is 5.91 Å². The molecule has 0 saturated carbocycles. The van der Waals surface area contributed by atoms with Gasteiger partial charge in [-0.1, -0.05) is 30.9 Å². The van der Waals surface area contributed by atoms with Crippen molar-refractivity contribution in [2.75, 3.05) is 33.8 Å². The third-order valence-electron chi connectivity index (χ3n) is 4.65. The number of carbonyl (C=O) groups is 2. The van der Waals surface area contributed by atoms with Gasteiger partial charge in [0.1, 0.15) is 12.4 Å². The highest BCUT2D eigenvalue weighted by molar-refractivity contribution is 7.12. The van der Waals surface area contributed by atoms with Crippen LogP contribution in [0.3, 0.4) is 0 Å². The molecule has 1 N–H and O–H groups in total. The van der Waals surface area contributed by atoms with Crippen molar-refractivity contribution in [3.8, 4) is 5.75 Å². The first-order chi connectivity index (χ1) is 13.9. The van der Waals surface area contributed by atoms with Crippen LogP contribution >= 0.6 is 11.3 Å². The Bertz CT molecular complexity index is 917. The van der Waals surface area contributed by atoms with Crippen molar-refractivity contribution in [2.45, 2.75) is 6.04 Å². The average molecular weight is 413 g/mol. The Hall–Kier alpha value is -2.90. The normalized spacial score (nSPS) is 16.6. The van der Waals surface area contributed by atoms with Crippen LogP contribution < -0.4 is 4.74 Å². The van der Waals surface area contributed by atoms with Crippen molar-refractivity contribution in [3.63, 3.8) is 0 Å². The number of thiophene rings is 1. The standard InChI is InChI=1S/C22H24N2O4S/c1-4-13-28-16-9-7-15(8-10-16)19-18(20(25)17-6-5-14-29-17)21(26)22(27)24(19)12-11-23(2)3/h4-10,14,19,26H,1,11-13H2,2-3H3/t19-/m1/s1. The zero-order valence-corrected chi connectivity index (χ0v) is 17.3. The molecule has 0 saturated heterocycles. The lowest BCUT2D eigenvalue weighted by molar-refractivity contribution is -0.129. The van der Waals surface area contributed by atoms with Crippen LogP contribution in [0, 0.1) is 0 Å². The van der Waals surface area contributed by atoms with Crippen molar-refractivity contribution in [2.24, 2.45) is 0 Å². The summed E-state index contributed by atoms with van der Waals surface area (Å²) in [5.41, 5.74) is 0.864. The first-order valence-corrected chi connectivity index (χ1v) is 10.1. The number of ketones is 1. The number of rotatable bonds is 9. The molecule has 2 aromatic rings. The Morgan fingerprint density at radius 1 is 1.31 bits per heavy atom. The quantitative estimate of drug-likeness (QED) is 0.505. The molecule has 29 heavy (non-hydrogen) atoms. The SMILES string of the molecule is C=CCOc1ccc([C@@H]2C(C(=O)c3cccs3)=C(O)C(=O)N2CCN(C)C)cc1. The molecule has 1 aromatic heterocycles. The summed E-state index contributed by atoms with van der Waals surface area (Å²) in [4.78, 5) is 29.9. The Morgan fingerprint density at radius 2 is 2.03 bits per heavy atom. The predicted octanol–water partition coefficient (Wildman–Crippen LogP) is 3.45. The van der Waals surface area contributed by atoms with Gasteiger partial charge in [0.05, 0.1) is 16.5 Å². The van der Waals surface area contributed by atoms with Crippen LogP contribution in [0.1, 0.15) is 21.3 Å². The first kappa shape index (κ1) is 20.8. The smallest absolute Gasteiger partial charge is 0.290 e. The van der Waals surface area contributed by atoms with Crippen molar-refractivity contribution >= 4 is 23.0 Å². The predicted molar refractivity (Wildman–Crippen MR) is 113 cm³/mol. The molecular formula is C22H24N2O4S. The van der Waals surface area contributed by atoms with Crippen molar-refractivity contribution in [3.05, 3.63) is 76.2 Å². The van der Waals surface area contributed by atoms with E-state index in [0.717, 1.165) is 5.56 Å². The molecule has 6 nitrogen and oxygen atoms in total. The number of benzene rings is 1. The molecule has 0 unspecified atom stereocenters. The molecule has 0 radical (unpaired) electrons. The number of ether oxygens (including phenoxy) is 1. The van der Waals surface area contributed by atoms with Crippen LogP contribution in [0.15, 0.2) is 65.8 Å². The first-order valence-electron chi connectivity index (χ1n) is 9.24. The van der Waals surface area contributed by atoms with E-state index >= 15 is 0 Å². The van der Waals surface area contributed by atoms with Gasteiger partial charge in [0.2, 0.25) is 5.78 Å². The minimum absolute atomic E-state index is 0.121. The number of aliphatic hydroxyl groups excluding tert-OH is 1. The van der Waals surface area contributed by atoms with Crippen LogP contribution in [0.4, 0.5) is 0 Å². The molecule has 3 rings (SSSR count). The van der Waals surface area contributed by atoms with Crippen molar-refractivity contribution in [1.29, 1.82) is 0 Å². The minimum Gasteiger partial charge on any atom is -0.503 e. The number of aliphatic hydroxyl groups is 1. The van der Waals surface area contributed by atoms with E-state index in [9.17, 15) is 14.7 Å². The zero-order valence-electron chi connectivity index (χ0n) is 16.5. The molecule has 1 amide bonds. The molecule has 1 aliphatic rings. The van der Waals surface area contributed by atoms with E-state index in [1.807, 2.05) is 31.1 Å². The number of likely N-dealkylation sites (N-methyl/N-ethyl adjacent to an activating group) is 1. The van der Waals surface area contributed by atoms with E-state index in [2.05, 4.69) is 6.58 Å². The highest BCUT2D eigenvalue weighted by atomic mass is 32.1. The second-order valence-corrected chi connectivity index (χ2v) is 7.89. The van der Waals surface area contributed by atoms with E-state index in [1.54, 1.807) is 40.6 Å². The van der Waals surface area contributed by atoms with E-state index in [4.69, 9.17) is 4.74 Å². The molecule has 1 atom stereocenters. The lowest BCUT2D eigenvalue weighted by Crippen LogP contribution is -2.36. The fourth-order valence-electron chi connectivity index (χ4n) is 3.21. The van der Waals surface area contributed by atoms with Crippen LogP contribution in [0.2, 0.25) is 0 Å². The molecule has 0 fully saturated rings. The zero-order chi connectivity index (χ0) is 21.0. The third kappa shape index (κ3) is 4.41. The fourth-order valence-corrected chi connectivity index (χ4v) is 3.89. The van der Waals surface area contributed by atoms with Gasteiger partial charge in [-0.3, -0.25) is 9.59 Å². The van der Waals surface area contributed by atoms with Gasteiger partial charge in [0.15, 0.2) is 5.76 Å². The van der Waals surface area contributed by atoms with Crippen LogP contribution in [-0.4, -0.2) is 60.4 Å². The maximum atomic E-state index is 13.1. The topological polar surface area (TPSA) is 70.1 Å². The number of carbonyl (C=O) groups excluding carboxylic acids is 2. The van der Waals surface area contributed by atoms with Gasteiger partial charge >= 0.3 is 0 Å². The van der Waals surface area contributed by atoms with Gasteiger partial charge in [-0.25, -0.2) is 0 Å². The molecule has 0 aliphatic carbocycles. The van der Waals surface area contributed by atoms with E-state index in [0.29, 0.717) is 30.3 Å². The summed E-state index contributed by atoms with van der Waals surface area (Å²) in [6, 6.07) is 10.0. The average Bonchev–Trinajstić information content (AvgIpc) is 3.33. The summed E-state index contributed by atoms with van der Waals surface area (Å²) < 4.78 is 5.52. The van der Waals surface area contributed by atoms with Crippen LogP contribution in [0.5, 0.6) is 5.75 Å². The monoisotopic (exact) mass is 412 g/mol. The second-order valence-electron chi connectivity index (χ2n) is 6.94. The summed E-state index contributed by atoms with van der Waals surface area (Å²) in [7, 11) is 3.82. The largest absolute Gasteiger partial charge is 0.503 e. The maximum Gasteiger partial charge on any atom is 0.290 e. The Labute approximate surface area is 174 Å². The van der Waals surface area contributed by atoms with Gasteiger partial charge in [0, 0.05) is 13.1 Å². The number of hydrogen-bond acceptors (Lipinski definition) is 6. The van der Waals surface area contributed by atoms with E-state index in [1.165, 1.54) is 11.3 Å². The number of Topliss-reactive ketones (excluding diaryl/α,β-unsaturated/α-hetero) is 1. The molecule has 1 aromatic carbocycles.